The summed E-state index contributed by atoms with van der Waals surface area (Å²) in [5, 5.41) is 34.3. The van der Waals surface area contributed by atoms with Gasteiger partial charge < -0.3 is 35.0 Å². The monoisotopic (exact) mass is 784 g/mol. The standard InChI is InChI=1S/C14H8ClF3N2O.C9H5ClF3NO.C5H6BNO2.C2HF3O2/c15-10-7-11-8(6-13(20-11)14(16,17)18)5-12(10)21-9-1-3-19-4-2-9;10-5-3-6-4(1-7(5)15)2-8(14-6)9(11,12)13;8-6(9)5-1-3-7-4-2-5;3-2(4,5)1(6)7/h1-7,20H;1-3,14-15H;1-4,8-9H;(H,6,7). The van der Waals surface area contributed by atoms with Crippen LogP contribution in [0.1, 0.15) is 11.4 Å². The summed E-state index contributed by atoms with van der Waals surface area (Å²) in [5.41, 5.74) is -0.682. The van der Waals surface area contributed by atoms with Crippen LogP contribution in [0.4, 0.5) is 39.5 Å². The minimum Gasteiger partial charge on any atom is -0.506 e. The van der Waals surface area contributed by atoms with Gasteiger partial charge in [0, 0.05) is 46.6 Å². The lowest BCUT2D eigenvalue weighted by Crippen LogP contribution is -2.29. The molecule has 0 saturated carbocycles. The molecule has 6 aromatic rings. The second-order valence-corrected chi connectivity index (χ2v) is 10.7. The number of nitrogens with one attached hydrogen (secondary N) is 2. The summed E-state index contributed by atoms with van der Waals surface area (Å²) in [6.07, 6.45) is -7.85. The highest BCUT2D eigenvalue weighted by molar-refractivity contribution is 6.58. The van der Waals surface area contributed by atoms with Crippen LogP contribution in [-0.2, 0) is 17.1 Å². The van der Waals surface area contributed by atoms with Crippen molar-refractivity contribution in [3.05, 3.63) is 107 Å². The van der Waals surface area contributed by atoms with Crippen molar-refractivity contribution in [2.45, 2.75) is 18.5 Å². The Morgan fingerprint density at radius 1 is 0.692 bits per heavy atom. The number of halogens is 11. The average molecular weight is 785 g/mol. The van der Waals surface area contributed by atoms with E-state index < -0.39 is 43.0 Å². The van der Waals surface area contributed by atoms with Crippen LogP contribution in [0.5, 0.6) is 17.2 Å². The molecule has 6 N–H and O–H groups in total. The minimum atomic E-state index is -5.08. The van der Waals surface area contributed by atoms with Crippen molar-refractivity contribution in [2.24, 2.45) is 0 Å². The van der Waals surface area contributed by atoms with E-state index in [2.05, 4.69) is 19.9 Å². The summed E-state index contributed by atoms with van der Waals surface area (Å²) in [4.78, 5) is 20.9. The number of carboxylic acids is 1. The molecule has 0 amide bonds. The Bertz CT molecular complexity index is 2060. The smallest absolute Gasteiger partial charge is 0.490 e. The number of hydrogen-bond acceptors (Lipinski definition) is 7. The Morgan fingerprint density at radius 2 is 1.12 bits per heavy atom. The Kier molecular flexibility index (Phi) is 13.4. The SMILES string of the molecule is FC(F)(F)c1cc2cc(Oc3ccncc3)c(Cl)cc2[nH]1.O=C(O)C(F)(F)F.OB(O)c1ccncc1.Oc1cc2cc(C(F)(F)F)[nH]c2cc1Cl. The molecule has 10 nitrogen and oxygen atoms in total. The van der Waals surface area contributed by atoms with Crippen molar-refractivity contribution >= 4 is 63.6 Å². The van der Waals surface area contributed by atoms with Gasteiger partial charge in [0.15, 0.2) is 0 Å². The fourth-order valence-electron chi connectivity index (χ4n) is 3.73. The maximum Gasteiger partial charge on any atom is 0.490 e. The molecular weight excluding hydrogens is 765 g/mol. The average Bonchev–Trinajstić information content (AvgIpc) is 3.67. The normalized spacial score (nSPS) is 11.4. The number of ether oxygens (including phenoxy) is 1. The van der Waals surface area contributed by atoms with Crippen LogP contribution in [0.3, 0.4) is 0 Å². The molecular formula is C30H20BCl2F9N4O6. The summed E-state index contributed by atoms with van der Waals surface area (Å²) in [6.45, 7) is 0. The molecule has 276 valence electrons. The highest BCUT2D eigenvalue weighted by atomic mass is 35.5. The number of fused-ring (bicyclic) bond motifs is 2. The number of aromatic hydroxyl groups is 1. The molecule has 0 aliphatic heterocycles. The molecule has 4 heterocycles. The van der Waals surface area contributed by atoms with Gasteiger partial charge in [0.25, 0.3) is 0 Å². The molecule has 0 radical (unpaired) electrons. The number of phenolic OH excluding ortho intramolecular Hbond substituents is 1. The largest absolute Gasteiger partial charge is 0.506 e. The van der Waals surface area contributed by atoms with Gasteiger partial charge in [-0.3, -0.25) is 9.97 Å². The van der Waals surface area contributed by atoms with Crippen LogP contribution in [0.25, 0.3) is 21.8 Å². The van der Waals surface area contributed by atoms with Gasteiger partial charge in [0.2, 0.25) is 0 Å². The summed E-state index contributed by atoms with van der Waals surface area (Å²) >= 11 is 11.6. The van der Waals surface area contributed by atoms with E-state index in [1.54, 1.807) is 36.7 Å². The quantitative estimate of drug-likeness (QED) is 0.0777. The number of rotatable bonds is 3. The molecule has 2 aromatic carbocycles. The lowest BCUT2D eigenvalue weighted by Gasteiger charge is -2.07. The van der Waals surface area contributed by atoms with Gasteiger partial charge in [0.05, 0.1) is 10.0 Å². The van der Waals surface area contributed by atoms with Gasteiger partial charge in [0.1, 0.15) is 28.6 Å². The maximum atomic E-state index is 12.7. The molecule has 0 unspecified atom stereocenters. The summed E-state index contributed by atoms with van der Waals surface area (Å²) in [5.74, 6) is -2.22. The number of aromatic amines is 2. The van der Waals surface area contributed by atoms with Gasteiger partial charge in [-0.15, -0.1) is 0 Å². The van der Waals surface area contributed by atoms with E-state index in [-0.39, 0.29) is 32.4 Å². The molecule has 0 bridgehead atoms. The van der Waals surface area contributed by atoms with Gasteiger partial charge >= 0.3 is 31.6 Å². The third-order valence-corrected chi connectivity index (χ3v) is 6.69. The first-order valence-corrected chi connectivity index (χ1v) is 14.4. The van der Waals surface area contributed by atoms with E-state index in [0.717, 1.165) is 12.1 Å². The van der Waals surface area contributed by atoms with Crippen LogP contribution in [0, 0.1) is 0 Å². The van der Waals surface area contributed by atoms with Crippen LogP contribution in [0.2, 0.25) is 10.0 Å². The van der Waals surface area contributed by atoms with E-state index in [4.69, 9.17) is 47.9 Å². The first kappa shape index (κ1) is 41.2. The molecule has 0 aliphatic rings. The van der Waals surface area contributed by atoms with E-state index in [1.807, 2.05) is 0 Å². The van der Waals surface area contributed by atoms with Crippen molar-refractivity contribution < 1.29 is 69.3 Å². The maximum absolute atomic E-state index is 12.7. The topological polar surface area (TPSA) is 165 Å². The first-order chi connectivity index (χ1) is 24.1. The van der Waals surface area contributed by atoms with Crippen LogP contribution >= 0.6 is 23.2 Å². The number of hydrogen-bond donors (Lipinski definition) is 6. The number of H-pyrrole nitrogens is 2. The zero-order chi connectivity index (χ0) is 39.0. The third kappa shape index (κ3) is 12.0. The van der Waals surface area contributed by atoms with E-state index >= 15 is 0 Å². The Morgan fingerprint density at radius 3 is 1.52 bits per heavy atom. The number of nitrogens with zero attached hydrogens (tertiary/aromatic N) is 2. The Hall–Kier alpha value is -5.18. The second-order valence-electron chi connectivity index (χ2n) is 9.86. The molecule has 0 atom stereocenters. The Balaban J connectivity index is 0.000000205. The molecule has 22 heteroatoms. The first-order valence-electron chi connectivity index (χ1n) is 13.7. The molecule has 0 saturated heterocycles. The van der Waals surface area contributed by atoms with Gasteiger partial charge in [-0.1, -0.05) is 23.2 Å². The number of phenols is 1. The predicted molar refractivity (Wildman–Crippen MR) is 170 cm³/mol. The predicted octanol–water partition coefficient (Wildman–Crippen LogP) is 7.97. The number of pyridine rings is 2. The van der Waals surface area contributed by atoms with Gasteiger partial charge in [-0.05, 0) is 66.1 Å². The van der Waals surface area contributed by atoms with Crippen molar-refractivity contribution in [1.82, 2.24) is 19.9 Å². The fourth-order valence-corrected chi connectivity index (χ4v) is 4.09. The summed E-state index contributed by atoms with van der Waals surface area (Å²) in [7, 11) is -1.38. The molecule has 0 aliphatic carbocycles. The number of aromatic nitrogens is 4. The summed E-state index contributed by atoms with van der Waals surface area (Å²) < 4.78 is 112. The molecule has 0 spiro atoms. The highest BCUT2D eigenvalue weighted by Crippen LogP contribution is 2.37. The van der Waals surface area contributed by atoms with Crippen LogP contribution in [-0.4, -0.2) is 59.5 Å². The number of carbonyl (C=O) groups is 1. The molecule has 6 rings (SSSR count). The van der Waals surface area contributed by atoms with Crippen molar-refractivity contribution in [3.63, 3.8) is 0 Å². The van der Waals surface area contributed by atoms with E-state index in [0.29, 0.717) is 22.1 Å². The van der Waals surface area contributed by atoms with Crippen molar-refractivity contribution in [3.8, 4) is 17.2 Å². The minimum absolute atomic E-state index is 0.0121. The molecule has 52 heavy (non-hydrogen) atoms. The summed E-state index contributed by atoms with van der Waals surface area (Å²) in [6, 6.07) is 13.6. The van der Waals surface area contributed by atoms with Crippen molar-refractivity contribution in [1.29, 1.82) is 0 Å². The zero-order valence-corrected chi connectivity index (χ0v) is 26.8. The number of aliphatic carboxylic acids is 1. The lowest BCUT2D eigenvalue weighted by molar-refractivity contribution is -0.192. The van der Waals surface area contributed by atoms with Gasteiger partial charge in [-0.25, -0.2) is 4.79 Å². The number of carboxylic acid groups (broad SMARTS) is 1. The number of benzene rings is 2. The highest BCUT2D eigenvalue weighted by Gasteiger charge is 2.38. The fraction of sp³-hybridized carbons (Fsp3) is 0.100. The van der Waals surface area contributed by atoms with Crippen molar-refractivity contribution in [2.75, 3.05) is 0 Å². The third-order valence-electron chi connectivity index (χ3n) is 6.10. The Labute approximate surface area is 295 Å². The van der Waals surface area contributed by atoms with Gasteiger partial charge in [-0.2, -0.15) is 39.5 Å². The van der Waals surface area contributed by atoms with E-state index in [9.17, 15) is 44.6 Å². The van der Waals surface area contributed by atoms with E-state index in [1.165, 1.54) is 36.7 Å². The number of alkyl halides is 9. The van der Waals surface area contributed by atoms with Crippen LogP contribution in [0.15, 0.2) is 85.5 Å². The molecule has 4 aromatic heterocycles. The lowest BCUT2D eigenvalue weighted by atomic mass is 9.81. The second kappa shape index (κ2) is 16.9. The zero-order valence-electron chi connectivity index (χ0n) is 25.3. The van der Waals surface area contributed by atoms with Crippen LogP contribution < -0.4 is 10.2 Å². The molecule has 0 fully saturated rings.